The molecule has 3 nitrogen and oxygen atoms in total. The van der Waals surface area contributed by atoms with Crippen LogP contribution in [0.3, 0.4) is 0 Å². The monoisotopic (exact) mass is 189 g/mol. The SMILES string of the molecule is CC[C@@H](N=O)C1OC[C@H](S)C1C. The molecule has 0 N–H and O–H groups in total. The lowest BCUT2D eigenvalue weighted by Crippen LogP contribution is -2.29. The predicted octanol–water partition coefficient (Wildman–Crippen LogP) is 1.86. The van der Waals surface area contributed by atoms with Gasteiger partial charge in [-0.05, 0) is 12.3 Å². The van der Waals surface area contributed by atoms with Crippen molar-refractivity contribution in [2.45, 2.75) is 37.7 Å². The van der Waals surface area contributed by atoms with Crippen molar-refractivity contribution in [2.24, 2.45) is 11.1 Å². The van der Waals surface area contributed by atoms with Gasteiger partial charge in [0.2, 0.25) is 0 Å². The number of hydrogen-bond donors (Lipinski definition) is 1. The van der Waals surface area contributed by atoms with E-state index in [1.165, 1.54) is 0 Å². The summed E-state index contributed by atoms with van der Waals surface area (Å²) >= 11 is 4.35. The van der Waals surface area contributed by atoms with Gasteiger partial charge in [-0.3, -0.25) is 0 Å². The highest BCUT2D eigenvalue weighted by Crippen LogP contribution is 2.29. The quantitative estimate of drug-likeness (QED) is 0.543. The van der Waals surface area contributed by atoms with Crippen LogP contribution in [-0.4, -0.2) is 24.0 Å². The van der Waals surface area contributed by atoms with E-state index in [9.17, 15) is 4.91 Å². The molecular formula is C8H15NO2S. The summed E-state index contributed by atoms with van der Waals surface area (Å²) < 4.78 is 5.45. The third kappa shape index (κ3) is 1.80. The Morgan fingerprint density at radius 3 is 2.75 bits per heavy atom. The van der Waals surface area contributed by atoms with Crippen LogP contribution in [0.5, 0.6) is 0 Å². The van der Waals surface area contributed by atoms with Crippen LogP contribution in [0.1, 0.15) is 20.3 Å². The topological polar surface area (TPSA) is 38.7 Å². The summed E-state index contributed by atoms with van der Waals surface area (Å²) in [5.74, 6) is 0.330. The maximum absolute atomic E-state index is 10.4. The molecule has 0 aromatic heterocycles. The molecule has 0 aromatic carbocycles. The second kappa shape index (κ2) is 4.23. The molecule has 70 valence electrons. The molecule has 1 aliphatic heterocycles. The molecule has 0 amide bonds. The summed E-state index contributed by atoms with van der Waals surface area (Å²) in [6.45, 7) is 4.65. The number of ether oxygens (including phenoxy) is 1. The molecular weight excluding hydrogens is 174 g/mol. The highest BCUT2D eigenvalue weighted by molar-refractivity contribution is 7.81. The van der Waals surface area contributed by atoms with Crippen LogP contribution >= 0.6 is 12.6 Å². The molecule has 0 spiro atoms. The van der Waals surface area contributed by atoms with Crippen molar-refractivity contribution in [3.63, 3.8) is 0 Å². The van der Waals surface area contributed by atoms with E-state index in [2.05, 4.69) is 24.7 Å². The summed E-state index contributed by atoms with van der Waals surface area (Å²) in [7, 11) is 0. The maximum atomic E-state index is 10.4. The first-order valence-electron chi connectivity index (χ1n) is 4.32. The number of nitroso groups, excluding NO2 is 1. The van der Waals surface area contributed by atoms with E-state index in [4.69, 9.17) is 4.74 Å². The van der Waals surface area contributed by atoms with Gasteiger partial charge in [0.05, 0.1) is 12.7 Å². The zero-order valence-electron chi connectivity index (χ0n) is 7.43. The molecule has 1 saturated heterocycles. The Balaban J connectivity index is 2.57. The van der Waals surface area contributed by atoms with Gasteiger partial charge in [-0.25, -0.2) is 0 Å². The van der Waals surface area contributed by atoms with Crippen LogP contribution in [0.25, 0.3) is 0 Å². The minimum absolute atomic E-state index is 0.0185. The van der Waals surface area contributed by atoms with E-state index >= 15 is 0 Å². The van der Waals surface area contributed by atoms with Crippen LogP contribution in [0.4, 0.5) is 0 Å². The molecule has 0 aliphatic carbocycles. The summed E-state index contributed by atoms with van der Waals surface area (Å²) in [6.07, 6.45) is 0.730. The minimum atomic E-state index is -0.197. The number of rotatable bonds is 3. The Bertz CT molecular complexity index is 165. The molecule has 1 rings (SSSR count). The van der Waals surface area contributed by atoms with Crippen LogP contribution in [0, 0.1) is 10.8 Å². The van der Waals surface area contributed by atoms with E-state index in [0.29, 0.717) is 12.5 Å². The Kier molecular flexibility index (Phi) is 3.53. The highest BCUT2D eigenvalue weighted by Gasteiger charge is 2.37. The molecule has 1 aliphatic rings. The van der Waals surface area contributed by atoms with Crippen molar-refractivity contribution < 1.29 is 4.74 Å². The average molecular weight is 189 g/mol. The molecule has 4 atom stereocenters. The lowest BCUT2D eigenvalue weighted by molar-refractivity contribution is 0.0718. The van der Waals surface area contributed by atoms with Gasteiger partial charge in [-0.2, -0.15) is 17.5 Å². The van der Waals surface area contributed by atoms with Gasteiger partial charge < -0.3 is 4.74 Å². The smallest absolute Gasteiger partial charge is 0.118 e. The van der Waals surface area contributed by atoms with Crippen molar-refractivity contribution in [3.8, 4) is 0 Å². The van der Waals surface area contributed by atoms with Gasteiger partial charge in [0.25, 0.3) is 0 Å². The Morgan fingerprint density at radius 2 is 2.42 bits per heavy atom. The lowest BCUT2D eigenvalue weighted by atomic mass is 9.96. The van der Waals surface area contributed by atoms with Crippen molar-refractivity contribution in [1.29, 1.82) is 0 Å². The fourth-order valence-corrected chi connectivity index (χ4v) is 1.82. The van der Waals surface area contributed by atoms with Crippen LogP contribution < -0.4 is 0 Å². The molecule has 0 radical (unpaired) electrons. The van der Waals surface area contributed by atoms with E-state index in [-0.39, 0.29) is 17.4 Å². The molecule has 0 bridgehead atoms. The first-order chi connectivity index (χ1) is 5.70. The largest absolute Gasteiger partial charge is 0.374 e. The first kappa shape index (κ1) is 9.99. The van der Waals surface area contributed by atoms with E-state index in [0.717, 1.165) is 6.42 Å². The number of hydrogen-bond acceptors (Lipinski definition) is 4. The molecule has 12 heavy (non-hydrogen) atoms. The molecule has 1 heterocycles. The Labute approximate surface area is 78.3 Å². The maximum Gasteiger partial charge on any atom is 0.118 e. The zero-order valence-corrected chi connectivity index (χ0v) is 8.33. The summed E-state index contributed by atoms with van der Waals surface area (Å²) in [5, 5.41) is 3.32. The standard InChI is InChI=1S/C8H15NO2S/c1-3-6(9-10)8-5(2)7(12)4-11-8/h5-8,12H,3-4H2,1-2H3/t5?,6-,7+,8?/m1/s1. The van der Waals surface area contributed by atoms with Gasteiger partial charge in [0.15, 0.2) is 0 Å². The van der Waals surface area contributed by atoms with Crippen molar-refractivity contribution >= 4 is 12.6 Å². The van der Waals surface area contributed by atoms with Gasteiger partial charge >= 0.3 is 0 Å². The average Bonchev–Trinajstić information content (AvgIpc) is 2.38. The fourth-order valence-electron chi connectivity index (χ4n) is 1.56. The van der Waals surface area contributed by atoms with Crippen molar-refractivity contribution in [1.82, 2.24) is 0 Å². The van der Waals surface area contributed by atoms with Crippen LogP contribution in [0.2, 0.25) is 0 Å². The predicted molar refractivity (Wildman–Crippen MR) is 51.6 cm³/mol. The van der Waals surface area contributed by atoms with Gasteiger partial charge in [0.1, 0.15) is 6.04 Å². The molecule has 0 aromatic rings. The van der Waals surface area contributed by atoms with Crippen LogP contribution in [-0.2, 0) is 4.74 Å². The highest BCUT2D eigenvalue weighted by atomic mass is 32.1. The lowest BCUT2D eigenvalue weighted by Gasteiger charge is -2.19. The van der Waals surface area contributed by atoms with E-state index < -0.39 is 0 Å². The second-order valence-electron chi connectivity index (χ2n) is 3.31. The minimum Gasteiger partial charge on any atom is -0.374 e. The van der Waals surface area contributed by atoms with Crippen LogP contribution in [0.15, 0.2) is 5.18 Å². The second-order valence-corrected chi connectivity index (χ2v) is 3.97. The van der Waals surface area contributed by atoms with Gasteiger partial charge in [0, 0.05) is 5.25 Å². The molecule has 4 heteroatoms. The molecule has 1 fully saturated rings. The summed E-state index contributed by atoms with van der Waals surface area (Å²) in [5.41, 5.74) is 0. The molecule has 2 unspecified atom stereocenters. The Morgan fingerprint density at radius 1 is 1.75 bits per heavy atom. The number of nitrogens with zero attached hydrogens (tertiary/aromatic N) is 1. The normalized spacial score (nSPS) is 38.1. The third-order valence-corrected chi connectivity index (χ3v) is 3.14. The zero-order chi connectivity index (χ0) is 9.14. The van der Waals surface area contributed by atoms with E-state index in [1.807, 2.05) is 6.92 Å². The summed E-state index contributed by atoms with van der Waals surface area (Å²) in [6, 6.07) is -0.197. The van der Waals surface area contributed by atoms with Crippen molar-refractivity contribution in [2.75, 3.05) is 6.61 Å². The fraction of sp³-hybridized carbons (Fsp3) is 1.00. The Hall–Kier alpha value is -0.0900. The number of thiol groups is 1. The van der Waals surface area contributed by atoms with Crippen molar-refractivity contribution in [3.05, 3.63) is 4.91 Å². The first-order valence-corrected chi connectivity index (χ1v) is 4.84. The van der Waals surface area contributed by atoms with Gasteiger partial charge in [-0.1, -0.05) is 19.0 Å². The molecule has 0 saturated carbocycles. The third-order valence-electron chi connectivity index (χ3n) is 2.52. The van der Waals surface area contributed by atoms with Gasteiger partial charge in [-0.15, -0.1) is 0 Å². The summed E-state index contributed by atoms with van der Waals surface area (Å²) in [4.78, 5) is 10.4. The van der Waals surface area contributed by atoms with E-state index in [1.54, 1.807) is 0 Å².